The fraction of sp³-hybridized carbons (Fsp3) is 0.118. The third-order valence-corrected chi connectivity index (χ3v) is 3.98. The van der Waals surface area contributed by atoms with Crippen LogP contribution in [0.15, 0.2) is 48.5 Å². The third-order valence-electron chi connectivity index (χ3n) is 3.36. The molecule has 1 heterocycles. The fourth-order valence-electron chi connectivity index (χ4n) is 2.20. The van der Waals surface area contributed by atoms with Crippen molar-refractivity contribution >= 4 is 34.0 Å². The Morgan fingerprint density at radius 3 is 2.48 bits per heavy atom. The zero-order valence-corrected chi connectivity index (χ0v) is 12.9. The maximum atomic E-state index is 6.21. The van der Waals surface area contributed by atoms with Gasteiger partial charge in [0.15, 0.2) is 0 Å². The highest BCUT2D eigenvalue weighted by molar-refractivity contribution is 6.35. The van der Waals surface area contributed by atoms with Crippen LogP contribution in [0.25, 0.3) is 10.8 Å². The maximum Gasteiger partial charge on any atom is 0.219 e. The zero-order chi connectivity index (χ0) is 14.8. The van der Waals surface area contributed by atoms with Crippen LogP contribution in [0.3, 0.4) is 0 Å². The van der Waals surface area contributed by atoms with Crippen molar-refractivity contribution in [3.05, 3.63) is 64.8 Å². The van der Waals surface area contributed by atoms with Crippen LogP contribution >= 0.6 is 23.2 Å². The highest BCUT2D eigenvalue weighted by atomic mass is 35.5. The summed E-state index contributed by atoms with van der Waals surface area (Å²) in [5, 5.41) is 2.64. The van der Waals surface area contributed by atoms with Crippen molar-refractivity contribution in [3.8, 4) is 11.6 Å². The van der Waals surface area contributed by atoms with Crippen LogP contribution < -0.4 is 4.74 Å². The van der Waals surface area contributed by atoms with Gasteiger partial charge >= 0.3 is 0 Å². The van der Waals surface area contributed by atoms with Gasteiger partial charge in [-0.25, -0.2) is 4.98 Å². The number of rotatable bonds is 3. The molecule has 0 saturated carbocycles. The largest absolute Gasteiger partial charge is 0.438 e. The molecule has 3 rings (SSSR count). The van der Waals surface area contributed by atoms with E-state index in [0.717, 1.165) is 27.8 Å². The fourth-order valence-corrected chi connectivity index (χ4v) is 2.71. The molecular weight excluding hydrogens is 305 g/mol. The summed E-state index contributed by atoms with van der Waals surface area (Å²) in [6.45, 7) is 1.92. The van der Waals surface area contributed by atoms with E-state index >= 15 is 0 Å². The molecule has 0 unspecified atom stereocenters. The molecule has 4 heteroatoms. The van der Waals surface area contributed by atoms with Crippen LogP contribution in [0, 0.1) is 6.92 Å². The van der Waals surface area contributed by atoms with Gasteiger partial charge < -0.3 is 4.74 Å². The summed E-state index contributed by atoms with van der Waals surface area (Å²) >= 11 is 12.1. The van der Waals surface area contributed by atoms with E-state index < -0.39 is 0 Å². The zero-order valence-electron chi connectivity index (χ0n) is 11.4. The summed E-state index contributed by atoms with van der Waals surface area (Å²) in [5.41, 5.74) is 1.88. The van der Waals surface area contributed by atoms with Crippen LogP contribution in [-0.4, -0.2) is 4.98 Å². The van der Waals surface area contributed by atoms with Crippen molar-refractivity contribution in [2.75, 3.05) is 0 Å². The second kappa shape index (κ2) is 5.92. The normalized spacial score (nSPS) is 10.8. The number of hydrogen-bond donors (Lipinski definition) is 0. The summed E-state index contributed by atoms with van der Waals surface area (Å²) in [7, 11) is 0. The molecule has 2 aromatic carbocycles. The Labute approximate surface area is 133 Å². The minimum Gasteiger partial charge on any atom is -0.438 e. The molecule has 0 saturated heterocycles. The van der Waals surface area contributed by atoms with E-state index in [9.17, 15) is 0 Å². The van der Waals surface area contributed by atoms with Crippen molar-refractivity contribution in [2.45, 2.75) is 12.8 Å². The van der Waals surface area contributed by atoms with Crippen LogP contribution in [0.1, 0.15) is 11.3 Å². The van der Waals surface area contributed by atoms with Gasteiger partial charge in [0, 0.05) is 33.4 Å². The Balaban J connectivity index is 2.02. The SMILES string of the molecule is Cc1nc(Oc2ccc(Cl)c3ccccc23)ccc1CCl. The van der Waals surface area contributed by atoms with E-state index in [1.165, 1.54) is 0 Å². The van der Waals surface area contributed by atoms with Crippen molar-refractivity contribution in [3.63, 3.8) is 0 Å². The summed E-state index contributed by atoms with van der Waals surface area (Å²) < 4.78 is 5.91. The van der Waals surface area contributed by atoms with Gasteiger partial charge in [0.2, 0.25) is 5.88 Å². The minimum atomic E-state index is 0.447. The lowest BCUT2D eigenvalue weighted by atomic mass is 10.1. The van der Waals surface area contributed by atoms with Crippen molar-refractivity contribution in [2.24, 2.45) is 0 Å². The van der Waals surface area contributed by atoms with Gasteiger partial charge in [-0.2, -0.15) is 0 Å². The van der Waals surface area contributed by atoms with E-state index in [-0.39, 0.29) is 0 Å². The number of nitrogens with zero attached hydrogens (tertiary/aromatic N) is 1. The van der Waals surface area contributed by atoms with Crippen LogP contribution in [-0.2, 0) is 5.88 Å². The highest BCUT2D eigenvalue weighted by Crippen LogP contribution is 2.33. The Morgan fingerprint density at radius 2 is 1.76 bits per heavy atom. The molecule has 0 aliphatic carbocycles. The topological polar surface area (TPSA) is 22.1 Å². The average molecular weight is 318 g/mol. The molecule has 2 nitrogen and oxygen atoms in total. The number of alkyl halides is 1. The predicted molar refractivity (Wildman–Crippen MR) is 87.6 cm³/mol. The first-order chi connectivity index (χ1) is 10.2. The number of halogens is 2. The van der Waals surface area contributed by atoms with Crippen molar-refractivity contribution in [1.82, 2.24) is 4.98 Å². The number of pyridine rings is 1. The number of benzene rings is 2. The van der Waals surface area contributed by atoms with E-state index in [1.807, 2.05) is 55.5 Å². The molecule has 106 valence electrons. The van der Waals surface area contributed by atoms with E-state index in [1.54, 1.807) is 0 Å². The van der Waals surface area contributed by atoms with Crippen molar-refractivity contribution in [1.29, 1.82) is 0 Å². The third kappa shape index (κ3) is 2.82. The lowest BCUT2D eigenvalue weighted by molar-refractivity contribution is 0.466. The number of aryl methyl sites for hydroxylation is 1. The Kier molecular flexibility index (Phi) is 4.00. The summed E-state index contributed by atoms with van der Waals surface area (Å²) in [5.74, 6) is 1.73. The van der Waals surface area contributed by atoms with Crippen LogP contribution in [0.2, 0.25) is 5.02 Å². The molecule has 3 aromatic rings. The van der Waals surface area contributed by atoms with E-state index in [4.69, 9.17) is 27.9 Å². The second-order valence-corrected chi connectivity index (χ2v) is 5.40. The molecular formula is C17H13Cl2NO. The van der Waals surface area contributed by atoms with Gasteiger partial charge in [-0.05, 0) is 24.6 Å². The molecule has 0 atom stereocenters. The standard InChI is InChI=1S/C17H13Cl2NO/c1-11-12(10-18)6-9-17(20-11)21-16-8-7-15(19)13-4-2-3-5-14(13)16/h2-9H,10H2,1H3. The number of ether oxygens (including phenoxy) is 1. The molecule has 0 aliphatic rings. The minimum absolute atomic E-state index is 0.447. The lowest BCUT2D eigenvalue weighted by Crippen LogP contribution is -1.94. The number of hydrogen-bond acceptors (Lipinski definition) is 2. The number of fused-ring (bicyclic) bond motifs is 1. The molecule has 0 spiro atoms. The predicted octanol–water partition coefficient (Wildman–Crippen LogP) is 5.73. The van der Waals surface area contributed by atoms with Gasteiger partial charge in [0.25, 0.3) is 0 Å². The first-order valence-corrected chi connectivity index (χ1v) is 7.48. The molecule has 0 radical (unpaired) electrons. The summed E-state index contributed by atoms with van der Waals surface area (Å²) in [6, 6.07) is 15.3. The first kappa shape index (κ1) is 14.2. The average Bonchev–Trinajstić information content (AvgIpc) is 2.51. The van der Waals surface area contributed by atoms with Gasteiger partial charge in [0.05, 0.1) is 0 Å². The van der Waals surface area contributed by atoms with E-state index in [2.05, 4.69) is 4.98 Å². The van der Waals surface area contributed by atoms with Gasteiger partial charge in [0.1, 0.15) is 5.75 Å². The monoisotopic (exact) mass is 317 g/mol. The molecule has 0 bridgehead atoms. The molecule has 0 N–H and O–H groups in total. The van der Waals surface area contributed by atoms with Gasteiger partial charge in [-0.1, -0.05) is 41.9 Å². The summed E-state index contributed by atoms with van der Waals surface area (Å²) in [6.07, 6.45) is 0. The van der Waals surface area contributed by atoms with Crippen LogP contribution in [0.5, 0.6) is 11.6 Å². The van der Waals surface area contributed by atoms with Gasteiger partial charge in [-0.3, -0.25) is 0 Å². The van der Waals surface area contributed by atoms with E-state index in [0.29, 0.717) is 16.8 Å². The molecule has 1 aromatic heterocycles. The molecule has 21 heavy (non-hydrogen) atoms. The molecule has 0 amide bonds. The lowest BCUT2D eigenvalue weighted by Gasteiger charge is -2.10. The first-order valence-electron chi connectivity index (χ1n) is 6.56. The molecule has 0 fully saturated rings. The Bertz CT molecular complexity index is 802. The van der Waals surface area contributed by atoms with Crippen LogP contribution in [0.4, 0.5) is 0 Å². The smallest absolute Gasteiger partial charge is 0.219 e. The van der Waals surface area contributed by atoms with Crippen molar-refractivity contribution < 1.29 is 4.74 Å². The number of aromatic nitrogens is 1. The Morgan fingerprint density at radius 1 is 1.00 bits per heavy atom. The highest BCUT2D eigenvalue weighted by Gasteiger charge is 2.08. The Hall–Kier alpha value is -1.77. The quantitative estimate of drug-likeness (QED) is 0.576. The van der Waals surface area contributed by atoms with Gasteiger partial charge in [-0.15, -0.1) is 11.6 Å². The second-order valence-electron chi connectivity index (χ2n) is 4.72. The molecule has 0 aliphatic heterocycles. The summed E-state index contributed by atoms with van der Waals surface area (Å²) in [4.78, 5) is 4.43. The maximum absolute atomic E-state index is 6.21.